The van der Waals surface area contributed by atoms with Gasteiger partial charge >= 0.3 is 0 Å². The van der Waals surface area contributed by atoms with E-state index in [4.69, 9.17) is 5.73 Å². The summed E-state index contributed by atoms with van der Waals surface area (Å²) in [6, 6.07) is 0. The second-order valence-corrected chi connectivity index (χ2v) is 5.23. The molecule has 2 unspecified atom stereocenters. The van der Waals surface area contributed by atoms with Gasteiger partial charge in [-0.15, -0.1) is 0 Å². The predicted molar refractivity (Wildman–Crippen MR) is 73.5 cm³/mol. The zero-order chi connectivity index (χ0) is 12.3. The van der Waals surface area contributed by atoms with E-state index in [9.17, 15) is 0 Å². The van der Waals surface area contributed by atoms with Gasteiger partial charge in [0.2, 0.25) is 0 Å². The summed E-state index contributed by atoms with van der Waals surface area (Å²) in [5, 5.41) is 3.31. The molecule has 2 aliphatic carbocycles. The molecule has 0 aromatic rings. The molecule has 0 aromatic heterocycles. The quantitative estimate of drug-likeness (QED) is 0.785. The van der Waals surface area contributed by atoms with E-state index in [2.05, 4.69) is 30.5 Å². The van der Waals surface area contributed by atoms with E-state index in [1.807, 2.05) is 7.05 Å². The van der Waals surface area contributed by atoms with Crippen molar-refractivity contribution >= 4 is 0 Å². The van der Waals surface area contributed by atoms with Crippen molar-refractivity contribution < 1.29 is 0 Å². The molecule has 0 bridgehead atoms. The Morgan fingerprint density at radius 3 is 2.94 bits per heavy atom. The first-order valence-electron chi connectivity index (χ1n) is 6.72. The van der Waals surface area contributed by atoms with Crippen LogP contribution >= 0.6 is 0 Å². The monoisotopic (exact) mass is 232 g/mol. The van der Waals surface area contributed by atoms with Crippen LogP contribution in [0.15, 0.2) is 35.1 Å². The Balaban J connectivity index is 2.15. The average molecular weight is 232 g/mol. The Bertz CT molecular complexity index is 363. The van der Waals surface area contributed by atoms with Gasteiger partial charge in [-0.3, -0.25) is 0 Å². The van der Waals surface area contributed by atoms with E-state index < -0.39 is 0 Å². The fourth-order valence-corrected chi connectivity index (χ4v) is 3.02. The second kappa shape index (κ2) is 5.54. The molecule has 0 aliphatic heterocycles. The standard InChI is InChI=1S/C15H24N2/c1-11-4-3-5-12-9-14(10-13(12)8-11)15(17-2)6-7-16/h5-6,8,11,14,17H,3-4,7,9-10,16H2,1-2H3. The molecule has 0 spiro atoms. The van der Waals surface area contributed by atoms with Gasteiger partial charge in [0.1, 0.15) is 0 Å². The van der Waals surface area contributed by atoms with E-state index in [-0.39, 0.29) is 0 Å². The van der Waals surface area contributed by atoms with Gasteiger partial charge < -0.3 is 11.1 Å². The van der Waals surface area contributed by atoms with Crippen molar-refractivity contribution in [2.24, 2.45) is 17.6 Å². The lowest BCUT2D eigenvalue weighted by atomic mass is 10.00. The smallest absolute Gasteiger partial charge is 0.0126 e. The molecular weight excluding hydrogens is 208 g/mol. The Labute approximate surface area is 105 Å². The minimum atomic E-state index is 0.617. The van der Waals surface area contributed by atoms with Gasteiger partial charge in [-0.2, -0.15) is 0 Å². The van der Waals surface area contributed by atoms with Crippen LogP contribution in [0.1, 0.15) is 32.6 Å². The first-order valence-corrected chi connectivity index (χ1v) is 6.72. The number of nitrogens with two attached hydrogens (primary N) is 1. The average Bonchev–Trinajstić information content (AvgIpc) is 2.61. The van der Waals surface area contributed by atoms with Crippen LogP contribution in [0.3, 0.4) is 0 Å². The second-order valence-electron chi connectivity index (χ2n) is 5.23. The van der Waals surface area contributed by atoms with Crippen LogP contribution in [0.2, 0.25) is 0 Å². The van der Waals surface area contributed by atoms with Gasteiger partial charge in [0.05, 0.1) is 0 Å². The lowest BCUT2D eigenvalue weighted by molar-refractivity contribution is 0.609. The first-order chi connectivity index (χ1) is 8.24. The van der Waals surface area contributed by atoms with E-state index in [1.165, 1.54) is 31.4 Å². The molecule has 1 saturated carbocycles. The summed E-state index contributed by atoms with van der Waals surface area (Å²) >= 11 is 0. The van der Waals surface area contributed by atoms with Gasteiger partial charge in [-0.05, 0) is 42.7 Å². The Morgan fingerprint density at radius 2 is 2.24 bits per heavy atom. The number of rotatable bonds is 3. The summed E-state index contributed by atoms with van der Waals surface area (Å²) in [4.78, 5) is 0. The van der Waals surface area contributed by atoms with Gasteiger partial charge in [-0.25, -0.2) is 0 Å². The number of hydrogen-bond donors (Lipinski definition) is 2. The number of nitrogens with one attached hydrogen (secondary N) is 1. The van der Waals surface area contributed by atoms with Crippen LogP contribution in [0.25, 0.3) is 0 Å². The molecule has 1 fully saturated rings. The van der Waals surface area contributed by atoms with Gasteiger partial charge in [0, 0.05) is 25.2 Å². The van der Waals surface area contributed by atoms with Crippen LogP contribution in [-0.4, -0.2) is 13.6 Å². The molecule has 0 heterocycles. The summed E-state index contributed by atoms with van der Waals surface area (Å²) < 4.78 is 0. The fourth-order valence-electron chi connectivity index (χ4n) is 3.02. The highest BCUT2D eigenvalue weighted by Gasteiger charge is 2.27. The summed E-state index contributed by atoms with van der Waals surface area (Å²) in [5.41, 5.74) is 10.1. The molecule has 17 heavy (non-hydrogen) atoms. The molecule has 2 heteroatoms. The maximum absolute atomic E-state index is 5.62. The van der Waals surface area contributed by atoms with Gasteiger partial charge in [0.15, 0.2) is 0 Å². The molecule has 2 aliphatic rings. The summed E-state index contributed by atoms with van der Waals surface area (Å²) in [6.07, 6.45) is 12.0. The summed E-state index contributed by atoms with van der Waals surface area (Å²) in [7, 11) is 2.00. The highest BCUT2D eigenvalue weighted by atomic mass is 14.8. The number of allylic oxidation sites excluding steroid dienone is 5. The van der Waals surface area contributed by atoms with Gasteiger partial charge in [0.25, 0.3) is 0 Å². The van der Waals surface area contributed by atoms with Crippen molar-refractivity contribution in [3.05, 3.63) is 35.1 Å². The van der Waals surface area contributed by atoms with Crippen LogP contribution < -0.4 is 11.1 Å². The van der Waals surface area contributed by atoms with Gasteiger partial charge in [-0.1, -0.05) is 25.2 Å². The topological polar surface area (TPSA) is 38.0 Å². The van der Waals surface area contributed by atoms with E-state index >= 15 is 0 Å². The molecule has 0 amide bonds. The predicted octanol–water partition coefficient (Wildman–Crippen LogP) is 2.74. The van der Waals surface area contributed by atoms with Crippen molar-refractivity contribution in [3.63, 3.8) is 0 Å². The summed E-state index contributed by atoms with van der Waals surface area (Å²) in [5.74, 6) is 1.35. The van der Waals surface area contributed by atoms with E-state index in [1.54, 1.807) is 11.1 Å². The zero-order valence-electron chi connectivity index (χ0n) is 11.0. The summed E-state index contributed by atoms with van der Waals surface area (Å²) in [6.45, 7) is 2.95. The third kappa shape index (κ3) is 2.81. The highest BCUT2D eigenvalue weighted by Crippen LogP contribution is 2.41. The molecular formula is C15H24N2. The first kappa shape index (κ1) is 12.4. The van der Waals surface area contributed by atoms with Crippen LogP contribution in [-0.2, 0) is 0 Å². The normalized spacial score (nSPS) is 29.2. The Morgan fingerprint density at radius 1 is 1.47 bits per heavy atom. The van der Waals surface area contributed by atoms with Crippen molar-refractivity contribution in [2.75, 3.05) is 13.6 Å². The minimum Gasteiger partial charge on any atom is -0.391 e. The molecule has 2 atom stereocenters. The molecule has 2 nitrogen and oxygen atoms in total. The zero-order valence-corrected chi connectivity index (χ0v) is 11.0. The largest absolute Gasteiger partial charge is 0.391 e. The number of fused-ring (bicyclic) bond motifs is 1. The lowest BCUT2D eigenvalue weighted by Gasteiger charge is -2.13. The maximum Gasteiger partial charge on any atom is 0.0126 e. The molecule has 3 N–H and O–H groups in total. The van der Waals surface area contributed by atoms with E-state index in [0.29, 0.717) is 12.5 Å². The fraction of sp³-hybridized carbons (Fsp3) is 0.600. The number of hydrogen-bond acceptors (Lipinski definition) is 2. The van der Waals surface area contributed by atoms with E-state index in [0.717, 1.165) is 5.92 Å². The Hall–Kier alpha value is -1.02. The third-order valence-electron chi connectivity index (χ3n) is 3.91. The SMILES string of the molecule is CNC(=CCN)C1CC2=CCCC(C)C=C2C1. The lowest BCUT2D eigenvalue weighted by Crippen LogP contribution is -2.16. The highest BCUT2D eigenvalue weighted by molar-refractivity contribution is 5.40. The molecule has 94 valence electrons. The van der Waals surface area contributed by atoms with Crippen molar-refractivity contribution in [2.45, 2.75) is 32.6 Å². The molecule has 0 saturated heterocycles. The maximum atomic E-state index is 5.62. The molecule has 0 aromatic carbocycles. The van der Waals surface area contributed by atoms with Crippen molar-refractivity contribution in [3.8, 4) is 0 Å². The van der Waals surface area contributed by atoms with Crippen LogP contribution in [0.4, 0.5) is 0 Å². The van der Waals surface area contributed by atoms with Crippen molar-refractivity contribution in [1.29, 1.82) is 0 Å². The Kier molecular flexibility index (Phi) is 4.06. The third-order valence-corrected chi connectivity index (χ3v) is 3.91. The minimum absolute atomic E-state index is 0.617. The van der Waals surface area contributed by atoms with Crippen LogP contribution in [0.5, 0.6) is 0 Å². The van der Waals surface area contributed by atoms with Crippen LogP contribution in [0, 0.1) is 11.8 Å². The molecule has 0 radical (unpaired) electrons. The molecule has 2 rings (SSSR count). The van der Waals surface area contributed by atoms with Crippen molar-refractivity contribution in [1.82, 2.24) is 5.32 Å².